The maximum Gasteiger partial charge on any atom is 0.0969 e. The van der Waals surface area contributed by atoms with Crippen LogP contribution in [0.2, 0.25) is 5.02 Å². The Hall–Kier alpha value is -2.64. The van der Waals surface area contributed by atoms with Gasteiger partial charge in [-0.2, -0.15) is 5.26 Å². The Labute approximate surface area is 145 Å². The van der Waals surface area contributed by atoms with E-state index in [-0.39, 0.29) is 11.5 Å². The van der Waals surface area contributed by atoms with Gasteiger partial charge in [-0.05, 0) is 30.7 Å². The van der Waals surface area contributed by atoms with Crippen LogP contribution in [0.3, 0.4) is 0 Å². The molecule has 118 valence electrons. The number of halogens is 1. The predicted octanol–water partition coefficient (Wildman–Crippen LogP) is 4.08. The lowest BCUT2D eigenvalue weighted by Crippen LogP contribution is -2.46. The molecule has 2 atom stereocenters. The van der Waals surface area contributed by atoms with Gasteiger partial charge in [0, 0.05) is 42.7 Å². The van der Waals surface area contributed by atoms with E-state index >= 15 is 0 Å². The lowest BCUT2D eigenvalue weighted by Gasteiger charge is -2.37. The van der Waals surface area contributed by atoms with Crippen LogP contribution in [0, 0.1) is 17.2 Å². The molecule has 0 saturated carbocycles. The molecule has 2 aliphatic heterocycles. The zero-order chi connectivity index (χ0) is 16.7. The van der Waals surface area contributed by atoms with Crippen molar-refractivity contribution in [2.24, 2.45) is 10.9 Å². The Balaban J connectivity index is 1.70. The van der Waals surface area contributed by atoms with E-state index in [2.05, 4.69) is 40.0 Å². The average Bonchev–Trinajstić information content (AvgIpc) is 2.86. The van der Waals surface area contributed by atoms with Crippen LogP contribution in [0.4, 0.5) is 0 Å². The minimum absolute atomic E-state index is 0.0524. The molecule has 0 saturated heterocycles. The van der Waals surface area contributed by atoms with E-state index in [0.717, 1.165) is 22.0 Å². The second-order valence-electron chi connectivity index (χ2n) is 6.33. The maximum absolute atomic E-state index is 9.43. The van der Waals surface area contributed by atoms with Gasteiger partial charge in [0.2, 0.25) is 0 Å². The summed E-state index contributed by atoms with van der Waals surface area (Å²) in [5.74, 6) is 0.0524. The molecule has 4 rings (SSSR count). The van der Waals surface area contributed by atoms with Crippen LogP contribution in [0.15, 0.2) is 59.5 Å². The molecule has 5 heteroatoms. The highest BCUT2D eigenvalue weighted by atomic mass is 35.5. The van der Waals surface area contributed by atoms with Crippen LogP contribution in [0.25, 0.3) is 10.9 Å². The van der Waals surface area contributed by atoms with Gasteiger partial charge in [-0.1, -0.05) is 23.7 Å². The maximum atomic E-state index is 9.43. The number of hydrogen-bond acceptors (Lipinski definition) is 4. The molecule has 0 aliphatic carbocycles. The van der Waals surface area contributed by atoms with Crippen LogP contribution in [-0.2, 0) is 6.54 Å². The standard InChI is InChI=1S/C19H15ClN4/c1-19-12-22-5-4-17(19)15(8-21)11-24(19)10-13-2-3-18-14(6-13)7-16(20)9-23-18/h2-7,9,11-12,17H,10H2,1H3. The fourth-order valence-corrected chi connectivity index (χ4v) is 3.59. The van der Waals surface area contributed by atoms with Crippen molar-refractivity contribution in [1.29, 1.82) is 5.26 Å². The molecular formula is C19H15ClN4. The fraction of sp³-hybridized carbons (Fsp3) is 0.211. The van der Waals surface area contributed by atoms with Gasteiger partial charge in [-0.15, -0.1) is 0 Å². The molecule has 0 bridgehead atoms. The SMILES string of the molecule is CC12C=NC=CC1C(C#N)=CN2Cc1ccc2ncc(Cl)cc2c1. The summed E-state index contributed by atoms with van der Waals surface area (Å²) in [7, 11) is 0. The monoisotopic (exact) mass is 334 g/mol. The van der Waals surface area contributed by atoms with E-state index in [9.17, 15) is 5.26 Å². The fourth-order valence-electron chi connectivity index (χ4n) is 3.43. The van der Waals surface area contributed by atoms with Crippen LogP contribution < -0.4 is 0 Å². The number of nitrogens with zero attached hydrogens (tertiary/aromatic N) is 4. The van der Waals surface area contributed by atoms with E-state index in [1.54, 1.807) is 12.4 Å². The summed E-state index contributed by atoms with van der Waals surface area (Å²) in [6.07, 6.45) is 9.30. The molecular weight excluding hydrogens is 320 g/mol. The Morgan fingerprint density at radius 2 is 2.25 bits per heavy atom. The third kappa shape index (κ3) is 2.29. The number of fused-ring (bicyclic) bond motifs is 2. The Kier molecular flexibility index (Phi) is 3.40. The highest BCUT2D eigenvalue weighted by Gasteiger charge is 2.44. The number of benzene rings is 1. The van der Waals surface area contributed by atoms with Crippen LogP contribution in [0.1, 0.15) is 12.5 Å². The van der Waals surface area contributed by atoms with Crippen LogP contribution >= 0.6 is 11.6 Å². The largest absolute Gasteiger partial charge is 0.361 e. The van der Waals surface area contributed by atoms with Crippen molar-refractivity contribution >= 4 is 28.7 Å². The number of aliphatic imine (C=N–C) groups is 1. The summed E-state index contributed by atoms with van der Waals surface area (Å²) < 4.78 is 0. The van der Waals surface area contributed by atoms with Gasteiger partial charge in [0.15, 0.2) is 0 Å². The molecule has 24 heavy (non-hydrogen) atoms. The number of hydrogen-bond donors (Lipinski definition) is 0. The normalized spacial score (nSPS) is 24.8. The second-order valence-corrected chi connectivity index (χ2v) is 6.76. The number of pyridine rings is 1. The minimum Gasteiger partial charge on any atom is -0.361 e. The third-order valence-corrected chi connectivity index (χ3v) is 4.98. The topological polar surface area (TPSA) is 52.3 Å². The third-order valence-electron chi connectivity index (χ3n) is 4.77. The highest BCUT2D eigenvalue weighted by molar-refractivity contribution is 6.31. The first-order valence-electron chi connectivity index (χ1n) is 7.74. The number of rotatable bonds is 2. The van der Waals surface area contributed by atoms with E-state index < -0.39 is 0 Å². The molecule has 2 unspecified atom stereocenters. The molecule has 0 spiro atoms. The first-order chi connectivity index (χ1) is 11.6. The van der Waals surface area contributed by atoms with Crippen molar-refractivity contribution in [2.75, 3.05) is 0 Å². The lowest BCUT2D eigenvalue weighted by molar-refractivity contribution is 0.228. The summed E-state index contributed by atoms with van der Waals surface area (Å²) in [4.78, 5) is 10.8. The van der Waals surface area contributed by atoms with E-state index in [1.807, 2.05) is 30.6 Å². The summed E-state index contributed by atoms with van der Waals surface area (Å²) >= 11 is 6.05. The van der Waals surface area contributed by atoms with Crippen LogP contribution in [-0.4, -0.2) is 21.6 Å². The Morgan fingerprint density at radius 3 is 3.08 bits per heavy atom. The second kappa shape index (κ2) is 5.47. The van der Waals surface area contributed by atoms with Gasteiger partial charge in [0.1, 0.15) is 0 Å². The zero-order valence-electron chi connectivity index (χ0n) is 13.1. The quantitative estimate of drug-likeness (QED) is 0.831. The number of nitriles is 1. The predicted molar refractivity (Wildman–Crippen MR) is 95.5 cm³/mol. The molecule has 0 radical (unpaired) electrons. The van der Waals surface area contributed by atoms with Crippen molar-refractivity contribution in [3.63, 3.8) is 0 Å². The molecule has 2 aliphatic rings. The van der Waals surface area contributed by atoms with Crippen molar-refractivity contribution in [3.05, 3.63) is 65.1 Å². The minimum atomic E-state index is -0.304. The molecule has 3 heterocycles. The van der Waals surface area contributed by atoms with Crippen LogP contribution in [0.5, 0.6) is 0 Å². The molecule has 1 aromatic carbocycles. The van der Waals surface area contributed by atoms with E-state index in [4.69, 9.17) is 11.6 Å². The van der Waals surface area contributed by atoms with Gasteiger partial charge in [-0.3, -0.25) is 9.98 Å². The van der Waals surface area contributed by atoms with Crippen molar-refractivity contribution < 1.29 is 0 Å². The first-order valence-corrected chi connectivity index (χ1v) is 8.12. The molecule has 0 N–H and O–H groups in total. The van der Waals surface area contributed by atoms with E-state index in [0.29, 0.717) is 11.6 Å². The smallest absolute Gasteiger partial charge is 0.0969 e. The summed E-state index contributed by atoms with van der Waals surface area (Å²) in [5.41, 5.74) is 2.53. The highest BCUT2D eigenvalue weighted by Crippen LogP contribution is 2.40. The van der Waals surface area contributed by atoms with Crippen molar-refractivity contribution in [1.82, 2.24) is 9.88 Å². The van der Waals surface area contributed by atoms with E-state index in [1.165, 1.54) is 0 Å². The Bertz CT molecular complexity index is 953. The molecule has 4 nitrogen and oxygen atoms in total. The van der Waals surface area contributed by atoms with Crippen molar-refractivity contribution in [2.45, 2.75) is 19.0 Å². The van der Waals surface area contributed by atoms with Gasteiger partial charge in [0.25, 0.3) is 0 Å². The summed E-state index contributed by atoms with van der Waals surface area (Å²) in [5, 5.41) is 11.1. The molecule has 1 aromatic heterocycles. The van der Waals surface area contributed by atoms with Gasteiger partial charge in [0.05, 0.1) is 27.7 Å². The Morgan fingerprint density at radius 1 is 1.38 bits per heavy atom. The summed E-state index contributed by atoms with van der Waals surface area (Å²) in [6, 6.07) is 10.4. The van der Waals surface area contributed by atoms with Crippen molar-refractivity contribution in [3.8, 4) is 6.07 Å². The first kappa shape index (κ1) is 14.9. The zero-order valence-corrected chi connectivity index (χ0v) is 13.9. The lowest BCUT2D eigenvalue weighted by atomic mass is 9.82. The average molecular weight is 335 g/mol. The summed E-state index contributed by atoms with van der Waals surface area (Å²) in [6.45, 7) is 2.81. The van der Waals surface area contributed by atoms with Gasteiger partial charge in [-0.25, -0.2) is 0 Å². The molecule has 0 fully saturated rings. The number of aromatic nitrogens is 1. The van der Waals surface area contributed by atoms with Gasteiger partial charge >= 0.3 is 0 Å². The van der Waals surface area contributed by atoms with Gasteiger partial charge < -0.3 is 4.90 Å². The molecule has 0 amide bonds. The molecule has 2 aromatic rings.